The van der Waals surface area contributed by atoms with E-state index in [-0.39, 0.29) is 0 Å². The average Bonchev–Trinajstić information content (AvgIpc) is 2.65. The molecule has 0 spiro atoms. The van der Waals surface area contributed by atoms with E-state index < -0.39 is 0 Å². The van der Waals surface area contributed by atoms with Crippen LogP contribution in [-0.4, -0.2) is 10.2 Å². The van der Waals surface area contributed by atoms with E-state index in [9.17, 15) is 0 Å². The van der Waals surface area contributed by atoms with Gasteiger partial charge in [0.15, 0.2) is 0 Å². The summed E-state index contributed by atoms with van der Waals surface area (Å²) in [5.41, 5.74) is 5.40. The molecule has 4 nitrogen and oxygen atoms in total. The number of nitrogens with zero attached hydrogens (tertiary/aromatic N) is 2. The second-order valence-electron chi connectivity index (χ2n) is 4.02. The topological polar surface area (TPSA) is 64.9 Å². The lowest BCUT2D eigenvalue weighted by Crippen LogP contribution is -1.95. The van der Waals surface area contributed by atoms with Gasteiger partial charge >= 0.3 is 0 Å². The summed E-state index contributed by atoms with van der Waals surface area (Å²) in [7, 11) is 0. The molecule has 0 aromatic carbocycles. The Morgan fingerprint density at radius 2 is 2.08 bits per heavy atom. The lowest BCUT2D eigenvalue weighted by atomic mass is 10.1. The largest absolute Gasteiger partial charge is 0.424 e. The number of hydrogen-bond acceptors (Lipinski definition) is 4. The second kappa shape index (κ2) is 2.54. The van der Waals surface area contributed by atoms with E-state index in [1.807, 2.05) is 0 Å². The minimum absolute atomic E-state index is 0.356. The van der Waals surface area contributed by atoms with Crippen LogP contribution in [0.15, 0.2) is 4.42 Å². The van der Waals surface area contributed by atoms with Crippen molar-refractivity contribution in [3.63, 3.8) is 0 Å². The molecule has 1 aromatic rings. The number of fused-ring (bicyclic) bond motifs is 1. The van der Waals surface area contributed by atoms with E-state index in [4.69, 9.17) is 10.2 Å². The van der Waals surface area contributed by atoms with Gasteiger partial charge in [-0.1, -0.05) is 6.42 Å². The van der Waals surface area contributed by atoms with Crippen LogP contribution < -0.4 is 5.73 Å². The zero-order valence-electron chi connectivity index (χ0n) is 7.44. The van der Waals surface area contributed by atoms with Crippen LogP contribution in [0.4, 0.5) is 0 Å². The highest BCUT2D eigenvalue weighted by atomic mass is 16.4. The van der Waals surface area contributed by atoms with E-state index >= 15 is 0 Å². The molecule has 2 aliphatic carbocycles. The highest BCUT2D eigenvalue weighted by molar-refractivity contribution is 5.15. The van der Waals surface area contributed by atoms with Crippen LogP contribution in [0.1, 0.15) is 37.0 Å². The van der Waals surface area contributed by atoms with Crippen LogP contribution >= 0.6 is 0 Å². The minimum Gasteiger partial charge on any atom is -0.424 e. The number of nitrogens with two attached hydrogens (primary N) is 1. The zero-order chi connectivity index (χ0) is 8.84. The van der Waals surface area contributed by atoms with Gasteiger partial charge in [0.1, 0.15) is 0 Å². The van der Waals surface area contributed by atoms with Crippen LogP contribution in [0.2, 0.25) is 0 Å². The van der Waals surface area contributed by atoms with Crippen molar-refractivity contribution < 1.29 is 4.42 Å². The molecule has 13 heavy (non-hydrogen) atoms. The third-order valence-electron chi connectivity index (χ3n) is 3.35. The molecule has 0 saturated heterocycles. The Kier molecular flexibility index (Phi) is 1.47. The summed E-state index contributed by atoms with van der Waals surface area (Å²) in [4.78, 5) is 0. The maximum absolute atomic E-state index is 5.45. The molecule has 0 aliphatic heterocycles. The first-order valence-electron chi connectivity index (χ1n) is 4.92. The molecule has 1 aromatic heterocycles. The van der Waals surface area contributed by atoms with Gasteiger partial charge in [0.25, 0.3) is 0 Å². The van der Waals surface area contributed by atoms with Gasteiger partial charge in [-0.25, -0.2) is 0 Å². The van der Waals surface area contributed by atoms with Crippen LogP contribution in [0.3, 0.4) is 0 Å². The minimum atomic E-state index is 0.356. The Labute approximate surface area is 76.5 Å². The van der Waals surface area contributed by atoms with Gasteiger partial charge in [-0.3, -0.25) is 0 Å². The van der Waals surface area contributed by atoms with Crippen molar-refractivity contribution in [1.82, 2.24) is 10.2 Å². The summed E-state index contributed by atoms with van der Waals surface area (Å²) >= 11 is 0. The first kappa shape index (κ1) is 7.50. The predicted octanol–water partition coefficient (Wildman–Crippen LogP) is 1.04. The van der Waals surface area contributed by atoms with Crippen molar-refractivity contribution in [2.45, 2.75) is 31.7 Å². The molecular formula is C9H13N3O. The Bertz CT molecular complexity index is 312. The fourth-order valence-corrected chi connectivity index (χ4v) is 2.67. The highest BCUT2D eigenvalue weighted by Gasteiger charge is 2.56. The Morgan fingerprint density at radius 1 is 1.31 bits per heavy atom. The van der Waals surface area contributed by atoms with Crippen molar-refractivity contribution in [2.24, 2.45) is 17.6 Å². The van der Waals surface area contributed by atoms with Crippen LogP contribution in [-0.2, 0) is 6.54 Å². The molecule has 3 rings (SSSR count). The molecule has 1 heterocycles. The van der Waals surface area contributed by atoms with Crippen molar-refractivity contribution >= 4 is 0 Å². The van der Waals surface area contributed by atoms with Crippen LogP contribution in [0, 0.1) is 11.8 Å². The standard InChI is InChI=1S/C9H13N3O/c10-4-7-11-12-9(13-7)8-5-2-1-3-6(5)8/h5-6,8H,1-4,10H2. The molecule has 0 bridgehead atoms. The molecule has 2 unspecified atom stereocenters. The first-order chi connectivity index (χ1) is 6.40. The molecule has 2 fully saturated rings. The van der Waals surface area contributed by atoms with Gasteiger partial charge in [0, 0.05) is 5.92 Å². The van der Waals surface area contributed by atoms with E-state index in [2.05, 4.69) is 10.2 Å². The Hall–Kier alpha value is -0.900. The monoisotopic (exact) mass is 179 g/mol. The predicted molar refractivity (Wildman–Crippen MR) is 45.8 cm³/mol. The van der Waals surface area contributed by atoms with Gasteiger partial charge < -0.3 is 10.2 Å². The van der Waals surface area contributed by atoms with E-state index in [1.165, 1.54) is 19.3 Å². The Morgan fingerprint density at radius 3 is 2.69 bits per heavy atom. The maximum Gasteiger partial charge on any atom is 0.230 e. The van der Waals surface area contributed by atoms with Crippen molar-refractivity contribution in [2.75, 3.05) is 0 Å². The molecule has 2 N–H and O–H groups in total. The fourth-order valence-electron chi connectivity index (χ4n) is 2.67. The third-order valence-corrected chi connectivity index (χ3v) is 3.35. The van der Waals surface area contributed by atoms with Gasteiger partial charge in [0.05, 0.1) is 6.54 Å². The fraction of sp³-hybridized carbons (Fsp3) is 0.778. The molecule has 4 heteroatoms. The summed E-state index contributed by atoms with van der Waals surface area (Å²) in [5, 5.41) is 7.92. The summed E-state index contributed by atoms with van der Waals surface area (Å²) in [5.74, 6) is 3.65. The quantitative estimate of drug-likeness (QED) is 0.736. The molecule has 2 atom stereocenters. The van der Waals surface area contributed by atoms with Crippen LogP contribution in [0.25, 0.3) is 0 Å². The SMILES string of the molecule is NCc1nnc(C2C3CCCC32)o1. The average molecular weight is 179 g/mol. The smallest absolute Gasteiger partial charge is 0.230 e. The number of aromatic nitrogens is 2. The first-order valence-corrected chi connectivity index (χ1v) is 4.92. The second-order valence-corrected chi connectivity index (χ2v) is 4.02. The normalized spacial score (nSPS) is 36.2. The van der Waals surface area contributed by atoms with Gasteiger partial charge in [-0.15, -0.1) is 10.2 Å². The molecule has 0 amide bonds. The molecule has 0 radical (unpaired) electrons. The summed E-state index contributed by atoms with van der Waals surface area (Å²) in [6, 6.07) is 0. The van der Waals surface area contributed by atoms with Crippen molar-refractivity contribution in [1.29, 1.82) is 0 Å². The maximum atomic E-state index is 5.45. The zero-order valence-corrected chi connectivity index (χ0v) is 7.44. The van der Waals surface area contributed by atoms with Gasteiger partial charge in [-0.05, 0) is 24.7 Å². The summed E-state index contributed by atoms with van der Waals surface area (Å²) in [6.45, 7) is 0.356. The van der Waals surface area contributed by atoms with E-state index in [0.29, 0.717) is 18.4 Å². The van der Waals surface area contributed by atoms with Gasteiger partial charge in [0.2, 0.25) is 11.8 Å². The lowest BCUT2D eigenvalue weighted by molar-refractivity contribution is 0.434. The highest BCUT2D eigenvalue weighted by Crippen LogP contribution is 2.62. The molecule has 2 saturated carbocycles. The summed E-state index contributed by atoms with van der Waals surface area (Å²) in [6.07, 6.45) is 4.06. The van der Waals surface area contributed by atoms with E-state index in [0.717, 1.165) is 17.7 Å². The molecule has 2 aliphatic rings. The van der Waals surface area contributed by atoms with Gasteiger partial charge in [-0.2, -0.15) is 0 Å². The summed E-state index contributed by atoms with van der Waals surface area (Å²) < 4.78 is 5.45. The number of hydrogen-bond donors (Lipinski definition) is 1. The van der Waals surface area contributed by atoms with Crippen molar-refractivity contribution in [3.8, 4) is 0 Å². The number of rotatable bonds is 2. The molecule has 70 valence electrons. The lowest BCUT2D eigenvalue weighted by Gasteiger charge is -1.95. The Balaban J connectivity index is 1.79. The van der Waals surface area contributed by atoms with Crippen molar-refractivity contribution in [3.05, 3.63) is 11.8 Å². The third kappa shape index (κ3) is 1.01. The molecular weight excluding hydrogens is 166 g/mol. The van der Waals surface area contributed by atoms with Crippen LogP contribution in [0.5, 0.6) is 0 Å². The van der Waals surface area contributed by atoms with E-state index in [1.54, 1.807) is 0 Å².